The summed E-state index contributed by atoms with van der Waals surface area (Å²) in [5, 5.41) is 2.76. The van der Waals surface area contributed by atoms with Crippen LogP contribution in [0.25, 0.3) is 0 Å². The molecule has 0 bridgehead atoms. The van der Waals surface area contributed by atoms with E-state index in [1.165, 1.54) is 47.3 Å². The van der Waals surface area contributed by atoms with Crippen LogP contribution in [0.15, 0.2) is 9.98 Å². The van der Waals surface area contributed by atoms with Crippen LogP contribution in [0.3, 0.4) is 0 Å². The van der Waals surface area contributed by atoms with E-state index in [1.807, 2.05) is 23.5 Å². The van der Waals surface area contributed by atoms with Gasteiger partial charge in [-0.25, -0.2) is 0 Å². The van der Waals surface area contributed by atoms with Crippen LogP contribution in [0, 0.1) is 0 Å². The van der Waals surface area contributed by atoms with Crippen molar-refractivity contribution in [3.63, 3.8) is 0 Å². The molecule has 4 heteroatoms. The molecule has 2 heterocycles. The molecule has 0 saturated carbocycles. The molecule has 0 aromatic rings. The first-order valence-electron chi connectivity index (χ1n) is 5.27. The molecule has 0 aliphatic carbocycles. The summed E-state index contributed by atoms with van der Waals surface area (Å²) in [5.74, 6) is 2.41. The maximum absolute atomic E-state index is 4.45. The fourth-order valence-electron chi connectivity index (χ4n) is 1.61. The maximum Gasteiger partial charge on any atom is 0.0676 e. The van der Waals surface area contributed by atoms with Gasteiger partial charge in [0, 0.05) is 24.6 Å². The molecular formula is C10H16N2S2. The van der Waals surface area contributed by atoms with E-state index in [4.69, 9.17) is 0 Å². The zero-order valence-electron chi connectivity index (χ0n) is 8.37. The monoisotopic (exact) mass is 228 g/mol. The van der Waals surface area contributed by atoms with Crippen LogP contribution >= 0.6 is 23.5 Å². The molecule has 0 unspecified atom stereocenters. The van der Waals surface area contributed by atoms with Crippen LogP contribution in [0.1, 0.15) is 25.7 Å². The van der Waals surface area contributed by atoms with E-state index in [-0.39, 0.29) is 0 Å². The van der Waals surface area contributed by atoms with Crippen molar-refractivity contribution >= 4 is 33.6 Å². The Morgan fingerprint density at radius 2 is 1.36 bits per heavy atom. The van der Waals surface area contributed by atoms with Gasteiger partial charge in [0.1, 0.15) is 0 Å². The third kappa shape index (κ3) is 3.31. The lowest BCUT2D eigenvalue weighted by atomic mass is 10.2. The molecule has 2 aliphatic heterocycles. The number of thioether (sulfide) groups is 2. The van der Waals surface area contributed by atoms with Crippen molar-refractivity contribution in [3.05, 3.63) is 0 Å². The van der Waals surface area contributed by atoms with E-state index in [1.54, 1.807) is 0 Å². The van der Waals surface area contributed by atoms with E-state index in [0.29, 0.717) is 0 Å². The Labute approximate surface area is 94.0 Å². The van der Waals surface area contributed by atoms with Gasteiger partial charge in [-0.3, -0.25) is 9.98 Å². The molecule has 0 amide bonds. The molecule has 2 nitrogen and oxygen atoms in total. The third-order valence-electron chi connectivity index (χ3n) is 2.33. The van der Waals surface area contributed by atoms with Crippen molar-refractivity contribution in [1.29, 1.82) is 0 Å². The average Bonchev–Trinajstić information content (AvgIpc) is 2.86. The van der Waals surface area contributed by atoms with Crippen molar-refractivity contribution in [2.24, 2.45) is 9.98 Å². The zero-order chi connectivity index (χ0) is 9.64. The van der Waals surface area contributed by atoms with E-state index >= 15 is 0 Å². The minimum absolute atomic E-state index is 1.04. The Morgan fingerprint density at radius 3 is 1.71 bits per heavy atom. The summed E-state index contributed by atoms with van der Waals surface area (Å²) < 4.78 is 0. The fourth-order valence-corrected chi connectivity index (χ4v) is 3.39. The van der Waals surface area contributed by atoms with Gasteiger partial charge in [-0.15, -0.1) is 23.5 Å². The molecule has 0 spiro atoms. The van der Waals surface area contributed by atoms with Crippen molar-refractivity contribution in [2.75, 3.05) is 24.6 Å². The lowest BCUT2D eigenvalue weighted by molar-refractivity contribution is 0.801. The van der Waals surface area contributed by atoms with Gasteiger partial charge in [0.2, 0.25) is 0 Å². The first-order chi connectivity index (χ1) is 6.95. The number of unbranched alkanes of at least 4 members (excludes halogenated alkanes) is 1. The van der Waals surface area contributed by atoms with Crippen LogP contribution in [0.2, 0.25) is 0 Å². The SMILES string of the molecule is C(CCC1=NCCS1)CC1=NCCS1. The molecule has 0 atom stereocenters. The largest absolute Gasteiger partial charge is 0.282 e. The van der Waals surface area contributed by atoms with Crippen molar-refractivity contribution in [3.8, 4) is 0 Å². The molecule has 2 rings (SSSR count). The Morgan fingerprint density at radius 1 is 0.857 bits per heavy atom. The summed E-state index contributed by atoms with van der Waals surface area (Å²) in [6.07, 6.45) is 4.96. The number of aliphatic imine (C=N–C) groups is 2. The zero-order valence-corrected chi connectivity index (χ0v) is 10.0. The second kappa shape index (κ2) is 5.81. The fraction of sp³-hybridized carbons (Fsp3) is 0.800. The molecular weight excluding hydrogens is 212 g/mol. The quantitative estimate of drug-likeness (QED) is 0.676. The molecule has 0 N–H and O–H groups in total. The number of hydrogen-bond acceptors (Lipinski definition) is 4. The molecule has 78 valence electrons. The first kappa shape index (κ1) is 10.6. The molecule has 2 aliphatic rings. The van der Waals surface area contributed by atoms with Gasteiger partial charge in [-0.1, -0.05) is 0 Å². The lowest BCUT2D eigenvalue weighted by Gasteiger charge is -2.00. The normalized spacial score (nSPS) is 21.1. The molecule has 0 fully saturated rings. The predicted octanol–water partition coefficient (Wildman–Crippen LogP) is 2.84. The number of hydrogen-bond donors (Lipinski definition) is 0. The van der Waals surface area contributed by atoms with E-state index in [0.717, 1.165) is 13.1 Å². The van der Waals surface area contributed by atoms with Crippen molar-refractivity contribution in [1.82, 2.24) is 0 Å². The molecule has 0 aromatic heterocycles. The summed E-state index contributed by atoms with van der Waals surface area (Å²) in [5.41, 5.74) is 0. The predicted molar refractivity (Wildman–Crippen MR) is 68.0 cm³/mol. The smallest absolute Gasteiger partial charge is 0.0676 e. The van der Waals surface area contributed by atoms with E-state index < -0.39 is 0 Å². The highest BCUT2D eigenvalue weighted by molar-refractivity contribution is 8.14. The topological polar surface area (TPSA) is 24.7 Å². The highest BCUT2D eigenvalue weighted by Crippen LogP contribution is 2.20. The van der Waals surface area contributed by atoms with Crippen molar-refractivity contribution < 1.29 is 0 Å². The van der Waals surface area contributed by atoms with E-state index in [2.05, 4.69) is 9.98 Å². The lowest BCUT2D eigenvalue weighted by Crippen LogP contribution is -1.92. The standard InChI is InChI=1S/C10H16N2S2/c1(3-9-11-5-7-13-9)2-4-10-12-6-8-14-10/h1-8H2. The Balaban J connectivity index is 1.54. The Hall–Kier alpha value is 0.0400. The number of rotatable bonds is 5. The Bertz CT molecular complexity index is 223. The van der Waals surface area contributed by atoms with Gasteiger partial charge >= 0.3 is 0 Å². The maximum atomic E-state index is 4.45. The summed E-state index contributed by atoms with van der Waals surface area (Å²) in [6, 6.07) is 0. The van der Waals surface area contributed by atoms with Crippen LogP contribution < -0.4 is 0 Å². The van der Waals surface area contributed by atoms with Gasteiger partial charge in [-0.2, -0.15) is 0 Å². The van der Waals surface area contributed by atoms with Gasteiger partial charge in [-0.05, 0) is 25.7 Å². The molecule has 14 heavy (non-hydrogen) atoms. The average molecular weight is 228 g/mol. The summed E-state index contributed by atoms with van der Waals surface area (Å²) in [7, 11) is 0. The summed E-state index contributed by atoms with van der Waals surface area (Å²) >= 11 is 3.88. The van der Waals surface area contributed by atoms with Gasteiger partial charge in [0.05, 0.1) is 10.1 Å². The second-order valence-corrected chi connectivity index (χ2v) is 5.79. The highest BCUT2D eigenvalue weighted by atomic mass is 32.2. The second-order valence-electron chi connectivity index (χ2n) is 3.45. The van der Waals surface area contributed by atoms with Crippen molar-refractivity contribution in [2.45, 2.75) is 25.7 Å². The van der Waals surface area contributed by atoms with E-state index in [9.17, 15) is 0 Å². The Kier molecular flexibility index (Phi) is 4.38. The van der Waals surface area contributed by atoms with Crippen LogP contribution in [0.4, 0.5) is 0 Å². The summed E-state index contributed by atoms with van der Waals surface area (Å²) in [4.78, 5) is 8.90. The molecule has 0 radical (unpaired) electrons. The highest BCUT2D eigenvalue weighted by Gasteiger charge is 2.08. The van der Waals surface area contributed by atoms with Crippen LogP contribution in [0.5, 0.6) is 0 Å². The molecule has 0 aromatic carbocycles. The van der Waals surface area contributed by atoms with Gasteiger partial charge < -0.3 is 0 Å². The first-order valence-corrected chi connectivity index (χ1v) is 7.24. The van der Waals surface area contributed by atoms with Gasteiger partial charge in [0.15, 0.2) is 0 Å². The third-order valence-corrected chi connectivity index (χ3v) is 4.43. The van der Waals surface area contributed by atoms with Gasteiger partial charge in [0.25, 0.3) is 0 Å². The summed E-state index contributed by atoms with van der Waals surface area (Å²) in [6.45, 7) is 2.09. The van der Waals surface area contributed by atoms with Crippen LogP contribution in [-0.2, 0) is 0 Å². The minimum Gasteiger partial charge on any atom is -0.282 e. The van der Waals surface area contributed by atoms with Crippen LogP contribution in [-0.4, -0.2) is 34.7 Å². The minimum atomic E-state index is 1.04. The molecule has 0 saturated heterocycles. The number of nitrogens with zero attached hydrogens (tertiary/aromatic N) is 2.